The van der Waals surface area contributed by atoms with E-state index in [-0.39, 0.29) is 5.56 Å². The van der Waals surface area contributed by atoms with Crippen LogP contribution < -0.4 is 10.5 Å². The molecular weight excluding hydrogens is 428 g/mol. The van der Waals surface area contributed by atoms with Crippen molar-refractivity contribution in [1.82, 2.24) is 14.5 Å². The number of rotatable bonds is 4. The lowest BCUT2D eigenvalue weighted by molar-refractivity contribution is 0.315. The average Bonchev–Trinajstić information content (AvgIpc) is 3.41. The van der Waals surface area contributed by atoms with Gasteiger partial charge in [-0.2, -0.15) is 0 Å². The van der Waals surface area contributed by atoms with E-state index in [2.05, 4.69) is 34.9 Å². The van der Waals surface area contributed by atoms with Crippen LogP contribution in [0.1, 0.15) is 6.42 Å². The van der Waals surface area contributed by atoms with Crippen LogP contribution in [0.2, 0.25) is 5.02 Å². The van der Waals surface area contributed by atoms with Crippen LogP contribution in [0, 0.1) is 0 Å². The Morgan fingerprint density at radius 1 is 1.13 bits per heavy atom. The SMILES string of the molecule is CN(C)C1CCN(c2ccc(-n3cc4sc(-c5ccc(Cl)cc5)cc4cc3=O)cn2)C1. The summed E-state index contributed by atoms with van der Waals surface area (Å²) in [5, 5.41) is 1.67. The Kier molecular flexibility index (Phi) is 5.30. The number of likely N-dealkylation sites (N-methyl/N-ethyl adjacent to an activating group) is 1. The summed E-state index contributed by atoms with van der Waals surface area (Å²) in [6.07, 6.45) is 4.84. The number of pyridine rings is 2. The highest BCUT2D eigenvalue weighted by Crippen LogP contribution is 2.33. The van der Waals surface area contributed by atoms with Crippen LogP contribution in [0.25, 0.3) is 26.2 Å². The Bertz CT molecular complexity index is 1280. The number of hydrogen-bond donors (Lipinski definition) is 0. The quantitative estimate of drug-likeness (QED) is 0.443. The lowest BCUT2D eigenvalue weighted by Gasteiger charge is -2.21. The summed E-state index contributed by atoms with van der Waals surface area (Å²) in [7, 11) is 4.24. The molecule has 5 rings (SSSR count). The molecule has 0 aliphatic carbocycles. The maximum atomic E-state index is 12.8. The minimum Gasteiger partial charge on any atom is -0.355 e. The van der Waals surface area contributed by atoms with Gasteiger partial charge in [-0.3, -0.25) is 9.36 Å². The average molecular weight is 451 g/mol. The molecular formula is C24H23ClN4OS. The van der Waals surface area contributed by atoms with Gasteiger partial charge < -0.3 is 9.80 Å². The summed E-state index contributed by atoms with van der Waals surface area (Å²) in [6, 6.07) is 16.1. The summed E-state index contributed by atoms with van der Waals surface area (Å²) in [4.78, 5) is 23.1. The van der Waals surface area contributed by atoms with E-state index in [4.69, 9.17) is 11.6 Å². The van der Waals surface area contributed by atoms with E-state index in [9.17, 15) is 4.79 Å². The Labute approximate surface area is 190 Å². The van der Waals surface area contributed by atoms with Gasteiger partial charge in [-0.15, -0.1) is 11.3 Å². The minimum atomic E-state index is -0.0589. The monoisotopic (exact) mass is 450 g/mol. The van der Waals surface area contributed by atoms with Crippen molar-refractivity contribution in [1.29, 1.82) is 0 Å². The van der Waals surface area contributed by atoms with Gasteiger partial charge in [0.1, 0.15) is 5.82 Å². The van der Waals surface area contributed by atoms with Crippen molar-refractivity contribution in [3.05, 3.63) is 76.3 Å². The zero-order chi connectivity index (χ0) is 21.5. The molecule has 1 fully saturated rings. The Hall–Kier alpha value is -2.67. The van der Waals surface area contributed by atoms with E-state index in [0.29, 0.717) is 11.1 Å². The van der Waals surface area contributed by atoms with Crippen LogP contribution in [-0.4, -0.2) is 47.7 Å². The molecule has 3 aromatic heterocycles. The fourth-order valence-electron chi connectivity index (χ4n) is 4.05. The molecule has 31 heavy (non-hydrogen) atoms. The third-order valence-corrected chi connectivity index (χ3v) is 7.30. The fraction of sp³-hybridized carbons (Fsp3) is 0.250. The summed E-state index contributed by atoms with van der Waals surface area (Å²) >= 11 is 7.67. The highest BCUT2D eigenvalue weighted by Gasteiger charge is 2.24. The van der Waals surface area contributed by atoms with Gasteiger partial charge in [-0.25, -0.2) is 4.98 Å². The molecule has 1 saturated heterocycles. The number of thiophene rings is 1. The maximum absolute atomic E-state index is 12.8. The normalized spacial score (nSPS) is 16.5. The third kappa shape index (κ3) is 3.99. The van der Waals surface area contributed by atoms with E-state index < -0.39 is 0 Å². The first-order chi connectivity index (χ1) is 15.0. The second-order valence-corrected chi connectivity index (χ2v) is 9.67. The zero-order valence-corrected chi connectivity index (χ0v) is 19.0. The fourth-order valence-corrected chi connectivity index (χ4v) is 5.25. The van der Waals surface area contributed by atoms with Gasteiger partial charge in [0.25, 0.3) is 5.56 Å². The molecule has 1 aromatic carbocycles. The first kappa shape index (κ1) is 20.2. The van der Waals surface area contributed by atoms with Crippen molar-refractivity contribution in [3.63, 3.8) is 0 Å². The van der Waals surface area contributed by atoms with Crippen LogP contribution in [0.3, 0.4) is 0 Å². The molecule has 0 amide bonds. The van der Waals surface area contributed by atoms with Gasteiger partial charge in [0, 0.05) is 46.7 Å². The largest absolute Gasteiger partial charge is 0.355 e. The second kappa shape index (κ2) is 8.11. The first-order valence-electron chi connectivity index (χ1n) is 10.3. The molecule has 7 heteroatoms. The lowest BCUT2D eigenvalue weighted by Crippen LogP contribution is -2.31. The summed E-state index contributed by atoms with van der Waals surface area (Å²) < 4.78 is 2.73. The third-order valence-electron chi connectivity index (χ3n) is 5.91. The molecule has 0 radical (unpaired) electrons. The number of anilines is 1. The van der Waals surface area contributed by atoms with Gasteiger partial charge >= 0.3 is 0 Å². The molecule has 5 nitrogen and oxygen atoms in total. The highest BCUT2D eigenvalue weighted by molar-refractivity contribution is 7.22. The van der Waals surface area contributed by atoms with Gasteiger partial charge in [-0.05, 0) is 56.4 Å². The Morgan fingerprint density at radius 3 is 2.61 bits per heavy atom. The molecule has 0 bridgehead atoms. The number of fused-ring (bicyclic) bond motifs is 1. The Balaban J connectivity index is 1.44. The van der Waals surface area contributed by atoms with E-state index in [1.807, 2.05) is 42.6 Å². The predicted octanol–water partition coefficient (Wildman–Crippen LogP) is 4.91. The molecule has 4 aromatic rings. The smallest absolute Gasteiger partial charge is 0.255 e. The van der Waals surface area contributed by atoms with Gasteiger partial charge in [0.2, 0.25) is 0 Å². The predicted molar refractivity (Wildman–Crippen MR) is 130 cm³/mol. The number of aromatic nitrogens is 2. The van der Waals surface area contributed by atoms with Crippen molar-refractivity contribution < 1.29 is 0 Å². The number of nitrogens with zero attached hydrogens (tertiary/aromatic N) is 4. The van der Waals surface area contributed by atoms with Crippen LogP contribution in [-0.2, 0) is 0 Å². The van der Waals surface area contributed by atoms with Gasteiger partial charge in [-0.1, -0.05) is 23.7 Å². The minimum absolute atomic E-state index is 0.0589. The van der Waals surface area contributed by atoms with Crippen LogP contribution in [0.15, 0.2) is 65.7 Å². The molecule has 1 unspecified atom stereocenters. The molecule has 1 atom stereocenters. The summed E-state index contributed by atoms with van der Waals surface area (Å²) in [6.45, 7) is 1.98. The molecule has 4 heterocycles. The molecule has 0 N–H and O–H groups in total. The van der Waals surface area contributed by atoms with Crippen LogP contribution >= 0.6 is 22.9 Å². The van der Waals surface area contributed by atoms with Crippen molar-refractivity contribution in [2.75, 3.05) is 32.1 Å². The second-order valence-electron chi connectivity index (χ2n) is 8.15. The van der Waals surface area contributed by atoms with E-state index in [0.717, 1.165) is 51.5 Å². The number of benzene rings is 1. The van der Waals surface area contributed by atoms with E-state index in [1.165, 1.54) is 0 Å². The lowest BCUT2D eigenvalue weighted by atomic mass is 10.2. The summed E-state index contributed by atoms with van der Waals surface area (Å²) in [5.41, 5.74) is 1.81. The van der Waals surface area contributed by atoms with Crippen LogP contribution in [0.5, 0.6) is 0 Å². The molecule has 1 aliphatic heterocycles. The standard InChI is InChI=1S/C24H23ClN4OS/c1-27(2)20-9-10-28(14-20)23-8-7-19(13-26-23)29-15-22-17(12-24(29)30)11-21(31-22)16-3-5-18(25)6-4-16/h3-8,11-13,15,20H,9-10,14H2,1-2H3. The summed E-state index contributed by atoms with van der Waals surface area (Å²) in [5.74, 6) is 0.961. The number of hydrogen-bond acceptors (Lipinski definition) is 5. The zero-order valence-electron chi connectivity index (χ0n) is 17.5. The van der Waals surface area contributed by atoms with Crippen molar-refractivity contribution in [2.24, 2.45) is 0 Å². The van der Waals surface area contributed by atoms with Crippen molar-refractivity contribution in [3.8, 4) is 16.1 Å². The van der Waals surface area contributed by atoms with Gasteiger partial charge in [0.15, 0.2) is 0 Å². The molecule has 158 valence electrons. The first-order valence-corrected chi connectivity index (χ1v) is 11.5. The highest BCUT2D eigenvalue weighted by atomic mass is 35.5. The molecule has 1 aliphatic rings. The van der Waals surface area contributed by atoms with Gasteiger partial charge in [0.05, 0.1) is 16.6 Å². The van der Waals surface area contributed by atoms with Crippen molar-refractivity contribution >= 4 is 38.8 Å². The van der Waals surface area contributed by atoms with E-state index >= 15 is 0 Å². The molecule has 0 saturated carbocycles. The van der Waals surface area contributed by atoms with Crippen molar-refractivity contribution in [2.45, 2.75) is 12.5 Å². The molecule has 0 spiro atoms. The van der Waals surface area contributed by atoms with E-state index in [1.54, 1.807) is 28.2 Å². The maximum Gasteiger partial charge on any atom is 0.255 e. The number of halogens is 1. The van der Waals surface area contributed by atoms with Crippen LogP contribution in [0.4, 0.5) is 5.82 Å². The Morgan fingerprint density at radius 2 is 1.94 bits per heavy atom. The topological polar surface area (TPSA) is 41.4 Å².